The van der Waals surface area contributed by atoms with Crippen LogP contribution in [-0.4, -0.2) is 47.2 Å². The summed E-state index contributed by atoms with van der Waals surface area (Å²) < 4.78 is 4.90. The molecule has 0 rings (SSSR count). The van der Waals surface area contributed by atoms with E-state index in [1.807, 2.05) is 0 Å². The summed E-state index contributed by atoms with van der Waals surface area (Å²) in [4.78, 5) is 11.5. The van der Waals surface area contributed by atoms with Crippen molar-refractivity contribution in [2.75, 3.05) is 19.8 Å². The maximum absolute atomic E-state index is 11.5. The Bertz CT molecular complexity index is 528. The number of carbonyl (C=O) groups is 1. The molecule has 0 atom stereocenters. The summed E-state index contributed by atoms with van der Waals surface area (Å²) in [5, 5.41) is 26.6. The van der Waals surface area contributed by atoms with Crippen molar-refractivity contribution in [1.82, 2.24) is 0 Å². The van der Waals surface area contributed by atoms with Crippen molar-refractivity contribution >= 4 is 5.97 Å². The normalized spacial score (nSPS) is 13.0. The smallest absolute Gasteiger partial charge is 0.306 e. The van der Waals surface area contributed by atoms with Crippen LogP contribution in [-0.2, 0) is 9.53 Å². The van der Waals surface area contributed by atoms with E-state index in [0.717, 1.165) is 44.9 Å². The van der Waals surface area contributed by atoms with E-state index in [-0.39, 0.29) is 37.6 Å². The molecule has 0 saturated carbocycles. The van der Waals surface area contributed by atoms with Crippen LogP contribution < -0.4 is 0 Å². The van der Waals surface area contributed by atoms with E-state index in [9.17, 15) is 4.79 Å². The largest absolute Gasteiger partial charge is 0.457 e. The van der Waals surface area contributed by atoms with Crippen LogP contribution in [0.25, 0.3) is 0 Å². The Kier molecular flexibility index (Phi) is 18.2. The minimum Gasteiger partial charge on any atom is -0.457 e. The second-order valence-electron chi connectivity index (χ2n) is 8.06. The highest BCUT2D eigenvalue weighted by Gasteiger charge is 2.12. The minimum absolute atomic E-state index is 0.191. The summed E-state index contributed by atoms with van der Waals surface area (Å²) in [7, 11) is 0. The third-order valence-corrected chi connectivity index (χ3v) is 4.57. The lowest BCUT2D eigenvalue weighted by atomic mass is 9.86. The van der Waals surface area contributed by atoms with Gasteiger partial charge in [0.15, 0.2) is 0 Å². The topological polar surface area (TPSA) is 87.0 Å². The summed E-state index contributed by atoms with van der Waals surface area (Å²) >= 11 is 0. The Morgan fingerprint density at radius 1 is 0.833 bits per heavy atom. The highest BCUT2D eigenvalue weighted by atomic mass is 16.6. The lowest BCUT2D eigenvalue weighted by Gasteiger charge is -2.19. The molecule has 0 aromatic rings. The molecule has 0 spiro atoms. The van der Waals surface area contributed by atoms with Crippen LogP contribution in [0, 0.1) is 5.41 Å². The van der Waals surface area contributed by atoms with Crippen LogP contribution in [0.5, 0.6) is 0 Å². The van der Waals surface area contributed by atoms with E-state index < -0.39 is 6.10 Å². The number of allylic oxidation sites excluding steroid dienone is 8. The predicted molar refractivity (Wildman–Crippen MR) is 123 cm³/mol. The van der Waals surface area contributed by atoms with Gasteiger partial charge in [-0.1, -0.05) is 68.9 Å². The molecule has 0 fully saturated rings. The molecule has 0 unspecified atom stereocenters. The molecule has 30 heavy (non-hydrogen) atoms. The zero-order valence-electron chi connectivity index (χ0n) is 18.8. The molecular weight excluding hydrogens is 380 g/mol. The average Bonchev–Trinajstić information content (AvgIpc) is 2.72. The molecule has 0 bridgehead atoms. The Morgan fingerprint density at radius 2 is 1.40 bits per heavy atom. The van der Waals surface area contributed by atoms with Crippen LogP contribution in [0.2, 0.25) is 0 Å². The van der Waals surface area contributed by atoms with Crippen molar-refractivity contribution in [3.8, 4) is 0 Å². The van der Waals surface area contributed by atoms with Gasteiger partial charge in [0.2, 0.25) is 0 Å². The third kappa shape index (κ3) is 18.3. The number of hydrogen-bond acceptors (Lipinski definition) is 5. The molecule has 5 nitrogen and oxygen atoms in total. The van der Waals surface area contributed by atoms with Crippen LogP contribution in [0.15, 0.2) is 48.6 Å². The van der Waals surface area contributed by atoms with E-state index in [4.69, 9.17) is 20.1 Å². The van der Waals surface area contributed by atoms with Crippen LogP contribution >= 0.6 is 0 Å². The van der Waals surface area contributed by atoms with E-state index in [0.29, 0.717) is 6.42 Å². The van der Waals surface area contributed by atoms with Crippen molar-refractivity contribution in [2.24, 2.45) is 5.41 Å². The first-order chi connectivity index (χ1) is 14.4. The summed E-state index contributed by atoms with van der Waals surface area (Å²) in [6.07, 6.45) is 24.0. The fourth-order valence-corrected chi connectivity index (χ4v) is 2.74. The van der Waals surface area contributed by atoms with Crippen LogP contribution in [0.4, 0.5) is 0 Å². The van der Waals surface area contributed by atoms with Gasteiger partial charge in [-0.3, -0.25) is 4.79 Å². The van der Waals surface area contributed by atoms with Crippen molar-refractivity contribution < 1.29 is 24.9 Å². The van der Waals surface area contributed by atoms with Crippen LogP contribution in [0.1, 0.15) is 71.6 Å². The first-order valence-electron chi connectivity index (χ1n) is 11.1. The van der Waals surface area contributed by atoms with E-state index >= 15 is 0 Å². The number of hydrogen-bond donors (Lipinski definition) is 3. The second-order valence-corrected chi connectivity index (χ2v) is 8.06. The lowest BCUT2D eigenvalue weighted by Crippen LogP contribution is -2.25. The second kappa shape index (κ2) is 19.3. The van der Waals surface area contributed by atoms with Gasteiger partial charge in [0.25, 0.3) is 0 Å². The summed E-state index contributed by atoms with van der Waals surface area (Å²) in [5.74, 6) is -0.386. The third-order valence-electron chi connectivity index (χ3n) is 4.57. The number of rotatable bonds is 18. The monoisotopic (exact) mass is 422 g/mol. The first-order valence-corrected chi connectivity index (χ1v) is 11.1. The van der Waals surface area contributed by atoms with Crippen molar-refractivity contribution in [3.63, 3.8) is 0 Å². The van der Waals surface area contributed by atoms with Crippen LogP contribution in [0.3, 0.4) is 0 Å². The number of unbranched alkanes of at least 4 members (excludes halogenated alkanes) is 2. The van der Waals surface area contributed by atoms with Gasteiger partial charge in [-0.25, -0.2) is 0 Å². The van der Waals surface area contributed by atoms with Gasteiger partial charge in [-0.2, -0.15) is 0 Å². The average molecular weight is 423 g/mol. The van der Waals surface area contributed by atoms with Gasteiger partial charge in [0.1, 0.15) is 6.10 Å². The fourth-order valence-electron chi connectivity index (χ4n) is 2.74. The molecule has 3 N–H and O–H groups in total. The van der Waals surface area contributed by atoms with Gasteiger partial charge >= 0.3 is 5.97 Å². The minimum atomic E-state index is -0.808. The Hall–Kier alpha value is -1.69. The zero-order valence-corrected chi connectivity index (χ0v) is 18.8. The molecule has 0 heterocycles. The number of aliphatic hydroxyl groups excluding tert-OH is 3. The predicted octanol–water partition coefficient (Wildman–Crippen LogP) is 4.64. The number of carbonyl (C=O) groups excluding carboxylic acids is 1. The van der Waals surface area contributed by atoms with Crippen molar-refractivity contribution in [1.29, 1.82) is 0 Å². The molecule has 5 heteroatoms. The Balaban J connectivity index is 3.74. The fraction of sp³-hybridized carbons (Fsp3) is 0.640. The molecule has 0 aliphatic rings. The molecule has 0 radical (unpaired) electrons. The number of ether oxygens (including phenoxy) is 1. The van der Waals surface area contributed by atoms with Gasteiger partial charge in [-0.15, -0.1) is 0 Å². The van der Waals surface area contributed by atoms with Gasteiger partial charge in [0.05, 0.1) is 13.2 Å². The molecule has 172 valence electrons. The SMILES string of the molecule is CC(C)(/C=C\C/C=C\C/C=C\C/C=C\CCCC(=O)OC(CO)CO)CCCCO. The van der Waals surface area contributed by atoms with Crippen molar-refractivity contribution in [2.45, 2.75) is 77.7 Å². The summed E-state index contributed by atoms with van der Waals surface area (Å²) in [5.41, 5.74) is 0.191. The zero-order chi connectivity index (χ0) is 22.5. The number of esters is 1. The highest BCUT2D eigenvalue weighted by Crippen LogP contribution is 2.24. The maximum atomic E-state index is 11.5. The first kappa shape index (κ1) is 28.3. The van der Waals surface area contributed by atoms with E-state index in [1.165, 1.54) is 0 Å². The molecule has 0 aromatic heterocycles. The maximum Gasteiger partial charge on any atom is 0.306 e. The van der Waals surface area contributed by atoms with Crippen molar-refractivity contribution in [3.05, 3.63) is 48.6 Å². The van der Waals surface area contributed by atoms with Gasteiger partial charge in [0, 0.05) is 13.0 Å². The molecular formula is C25H42O5. The molecule has 0 aliphatic heterocycles. The Labute approximate surface area is 182 Å². The highest BCUT2D eigenvalue weighted by molar-refractivity contribution is 5.69. The summed E-state index contributed by atoms with van der Waals surface area (Å²) in [6, 6.07) is 0. The molecule has 0 saturated heterocycles. The number of aliphatic hydroxyl groups is 3. The van der Waals surface area contributed by atoms with E-state index in [1.54, 1.807) is 0 Å². The quantitative estimate of drug-likeness (QED) is 0.170. The lowest BCUT2D eigenvalue weighted by molar-refractivity contribution is -0.153. The molecule has 0 aromatic carbocycles. The summed E-state index contributed by atoms with van der Waals surface area (Å²) in [6.45, 7) is 4.03. The standard InChI is InChI=1S/C25H42O5/c1-25(2,19-15-16-20-26)18-14-12-10-8-6-4-3-5-7-9-11-13-17-24(29)30-23(21-27)22-28/h3-4,7-10,14,18,23,26-28H,5-6,11-13,15-17,19-22H2,1-2H3/b4-3-,9-7-,10-8-,18-14-. The molecule has 0 amide bonds. The van der Waals surface area contributed by atoms with E-state index in [2.05, 4.69) is 62.5 Å². The van der Waals surface area contributed by atoms with Gasteiger partial charge < -0.3 is 20.1 Å². The Morgan fingerprint density at radius 3 is 1.97 bits per heavy atom. The molecule has 0 aliphatic carbocycles. The van der Waals surface area contributed by atoms with Gasteiger partial charge in [-0.05, 0) is 50.4 Å².